The van der Waals surface area contributed by atoms with E-state index in [1.165, 1.54) is 4.90 Å². The van der Waals surface area contributed by atoms with Crippen LogP contribution in [0.3, 0.4) is 0 Å². The van der Waals surface area contributed by atoms with E-state index in [0.29, 0.717) is 16.8 Å². The maximum atomic E-state index is 14.0. The third-order valence-electron chi connectivity index (χ3n) is 5.85. The van der Waals surface area contributed by atoms with E-state index >= 15 is 0 Å². The fourth-order valence-electron chi connectivity index (χ4n) is 4.11. The van der Waals surface area contributed by atoms with Crippen molar-refractivity contribution in [2.24, 2.45) is 5.73 Å². The van der Waals surface area contributed by atoms with Gasteiger partial charge >= 0.3 is 6.09 Å². The Balaban J connectivity index is 2.59. The molecule has 0 aromatic heterocycles. The zero-order chi connectivity index (χ0) is 29.5. The topological polar surface area (TPSA) is 131 Å². The molecular weight excluding hydrogens is 496 g/mol. The number of primary amides is 1. The molecule has 39 heavy (non-hydrogen) atoms. The molecule has 0 bridgehead atoms. The molecule has 0 aliphatic heterocycles. The van der Waals surface area contributed by atoms with Crippen LogP contribution in [-0.2, 0) is 19.1 Å². The number of para-hydroxylation sites is 1. The van der Waals surface area contributed by atoms with Gasteiger partial charge in [0.1, 0.15) is 17.7 Å². The molecule has 4 N–H and O–H groups in total. The third-order valence-corrected chi connectivity index (χ3v) is 5.85. The lowest BCUT2D eigenvalue weighted by Crippen LogP contribution is -2.55. The second-order valence-electron chi connectivity index (χ2n) is 10.6. The number of hydrogen-bond acceptors (Lipinski definition) is 5. The molecule has 2 unspecified atom stereocenters. The van der Waals surface area contributed by atoms with Crippen molar-refractivity contribution < 1.29 is 23.9 Å². The lowest BCUT2D eigenvalue weighted by Gasteiger charge is -2.37. The molecule has 0 saturated heterocycles. The molecule has 0 radical (unpaired) electrons. The molecule has 9 nitrogen and oxygen atoms in total. The Morgan fingerprint density at radius 1 is 1.03 bits per heavy atom. The fraction of sp³-hybridized carbons (Fsp3) is 0.400. The molecule has 0 aliphatic rings. The lowest BCUT2D eigenvalue weighted by molar-refractivity contribution is -0.143. The van der Waals surface area contributed by atoms with E-state index in [4.69, 9.17) is 16.9 Å². The number of carbonyl (C=O) groups is 4. The minimum atomic E-state index is -1.36. The van der Waals surface area contributed by atoms with Crippen LogP contribution in [0, 0.1) is 26.2 Å². The second kappa shape index (κ2) is 13.0. The molecule has 2 aromatic carbocycles. The van der Waals surface area contributed by atoms with Gasteiger partial charge in [-0.2, -0.15) is 0 Å². The van der Waals surface area contributed by atoms with Gasteiger partial charge in [-0.25, -0.2) is 4.79 Å². The van der Waals surface area contributed by atoms with Crippen LogP contribution in [0.5, 0.6) is 0 Å². The predicted molar refractivity (Wildman–Crippen MR) is 151 cm³/mol. The van der Waals surface area contributed by atoms with Gasteiger partial charge in [-0.3, -0.25) is 14.4 Å². The summed E-state index contributed by atoms with van der Waals surface area (Å²) in [6.45, 7) is 12.2. The summed E-state index contributed by atoms with van der Waals surface area (Å²) in [7, 11) is 0. The quantitative estimate of drug-likeness (QED) is 0.419. The van der Waals surface area contributed by atoms with E-state index in [1.54, 1.807) is 58.9 Å². The normalized spacial score (nSPS) is 12.6. The Kier molecular flexibility index (Phi) is 10.3. The molecule has 0 saturated carbocycles. The SMILES string of the molecule is C#Cc1ccc(C(C(=O)Nc2c(C)cccc2C)N(C(=O)C(CC(N)=O)NC(=O)OC(C)(C)C)C(C)C)cc1. The Bertz CT molecular complexity index is 1240. The molecule has 0 heterocycles. The van der Waals surface area contributed by atoms with Crippen molar-refractivity contribution in [3.05, 3.63) is 64.7 Å². The van der Waals surface area contributed by atoms with E-state index in [0.717, 1.165) is 11.1 Å². The highest BCUT2D eigenvalue weighted by Crippen LogP contribution is 2.29. The molecular formula is C30H38N4O5. The molecule has 208 valence electrons. The number of nitrogens with two attached hydrogens (primary N) is 1. The maximum absolute atomic E-state index is 14.0. The Morgan fingerprint density at radius 2 is 1.59 bits per heavy atom. The molecule has 2 atom stereocenters. The van der Waals surface area contributed by atoms with Gasteiger partial charge in [0.25, 0.3) is 5.91 Å². The zero-order valence-corrected chi connectivity index (χ0v) is 23.6. The number of aryl methyl sites for hydroxylation is 2. The van der Waals surface area contributed by atoms with Crippen molar-refractivity contribution in [1.82, 2.24) is 10.2 Å². The van der Waals surface area contributed by atoms with Crippen molar-refractivity contribution in [2.75, 3.05) is 5.32 Å². The monoisotopic (exact) mass is 534 g/mol. The first kappa shape index (κ1) is 30.9. The van der Waals surface area contributed by atoms with Gasteiger partial charge in [-0.05, 0) is 77.3 Å². The van der Waals surface area contributed by atoms with Crippen LogP contribution in [0.15, 0.2) is 42.5 Å². The molecule has 4 amide bonds. The summed E-state index contributed by atoms with van der Waals surface area (Å²) in [6.07, 6.45) is 4.14. The van der Waals surface area contributed by atoms with Gasteiger partial charge in [-0.15, -0.1) is 6.42 Å². The van der Waals surface area contributed by atoms with E-state index in [9.17, 15) is 19.2 Å². The van der Waals surface area contributed by atoms with Crippen molar-refractivity contribution in [3.63, 3.8) is 0 Å². The number of alkyl carbamates (subject to hydrolysis) is 1. The number of hydrogen-bond donors (Lipinski definition) is 3. The number of nitrogens with zero attached hydrogens (tertiary/aromatic N) is 1. The number of nitrogens with one attached hydrogen (secondary N) is 2. The summed E-state index contributed by atoms with van der Waals surface area (Å²) in [5.41, 5.74) is 8.02. The van der Waals surface area contributed by atoms with E-state index in [-0.39, 0.29) is 0 Å². The number of terminal acetylenes is 1. The van der Waals surface area contributed by atoms with Crippen LogP contribution in [0.4, 0.5) is 10.5 Å². The average Bonchev–Trinajstić information content (AvgIpc) is 2.82. The smallest absolute Gasteiger partial charge is 0.408 e. The fourth-order valence-corrected chi connectivity index (χ4v) is 4.11. The van der Waals surface area contributed by atoms with Crippen LogP contribution in [-0.4, -0.2) is 46.4 Å². The molecule has 2 rings (SSSR count). The lowest BCUT2D eigenvalue weighted by atomic mass is 9.98. The highest BCUT2D eigenvalue weighted by atomic mass is 16.6. The molecule has 0 aliphatic carbocycles. The summed E-state index contributed by atoms with van der Waals surface area (Å²) in [5, 5.41) is 5.43. The van der Waals surface area contributed by atoms with E-state index in [1.807, 2.05) is 32.0 Å². The number of anilines is 1. The van der Waals surface area contributed by atoms with Gasteiger partial charge < -0.3 is 26.0 Å². The summed E-state index contributed by atoms with van der Waals surface area (Å²) < 4.78 is 5.29. The Morgan fingerprint density at radius 3 is 2.05 bits per heavy atom. The minimum absolute atomic E-state index is 0.474. The van der Waals surface area contributed by atoms with Crippen LogP contribution < -0.4 is 16.4 Å². The van der Waals surface area contributed by atoms with Crippen molar-refractivity contribution in [3.8, 4) is 12.3 Å². The van der Waals surface area contributed by atoms with Crippen LogP contribution in [0.1, 0.15) is 69.3 Å². The number of carbonyl (C=O) groups excluding carboxylic acids is 4. The molecule has 2 aromatic rings. The highest BCUT2D eigenvalue weighted by Gasteiger charge is 2.38. The third kappa shape index (κ3) is 8.60. The number of rotatable bonds is 9. The molecule has 0 spiro atoms. The minimum Gasteiger partial charge on any atom is -0.444 e. The van der Waals surface area contributed by atoms with Crippen molar-refractivity contribution in [2.45, 2.75) is 78.6 Å². The standard InChI is InChI=1S/C30H38N4O5/c1-9-21-13-15-22(16-14-21)26(27(36)33-25-19(4)11-10-12-20(25)5)34(18(2)3)28(37)23(17-24(31)35)32-29(38)39-30(6,7)8/h1,10-16,18,23,26H,17H2,2-8H3,(H2,31,35)(H,32,38)(H,33,36). The molecule has 0 fully saturated rings. The summed E-state index contributed by atoms with van der Waals surface area (Å²) in [6, 6.07) is 9.34. The van der Waals surface area contributed by atoms with Gasteiger partial charge in [0.2, 0.25) is 11.8 Å². The maximum Gasteiger partial charge on any atom is 0.408 e. The van der Waals surface area contributed by atoms with Crippen molar-refractivity contribution >= 4 is 29.5 Å². The summed E-state index contributed by atoms with van der Waals surface area (Å²) >= 11 is 0. The van der Waals surface area contributed by atoms with Gasteiger partial charge in [0, 0.05) is 17.3 Å². The number of ether oxygens (including phenoxy) is 1. The second-order valence-corrected chi connectivity index (χ2v) is 10.6. The number of amides is 4. The highest BCUT2D eigenvalue weighted by molar-refractivity contribution is 6.00. The number of benzene rings is 2. The van der Waals surface area contributed by atoms with Crippen molar-refractivity contribution in [1.29, 1.82) is 0 Å². The van der Waals surface area contributed by atoms with Crippen LogP contribution in [0.2, 0.25) is 0 Å². The van der Waals surface area contributed by atoms with Crippen LogP contribution >= 0.6 is 0 Å². The zero-order valence-electron chi connectivity index (χ0n) is 23.6. The van der Waals surface area contributed by atoms with Gasteiger partial charge in [0.05, 0.1) is 6.42 Å². The average molecular weight is 535 g/mol. The Hall–Kier alpha value is -4.32. The molecule has 9 heteroatoms. The summed E-state index contributed by atoms with van der Waals surface area (Å²) in [4.78, 5) is 53.7. The van der Waals surface area contributed by atoms with Crippen LogP contribution in [0.25, 0.3) is 0 Å². The first-order valence-electron chi connectivity index (χ1n) is 12.7. The van der Waals surface area contributed by atoms with E-state index < -0.39 is 54.0 Å². The Labute approximate surface area is 230 Å². The van der Waals surface area contributed by atoms with Gasteiger partial charge in [-0.1, -0.05) is 36.3 Å². The largest absolute Gasteiger partial charge is 0.444 e. The van der Waals surface area contributed by atoms with E-state index in [2.05, 4.69) is 16.6 Å². The first-order chi connectivity index (χ1) is 18.1. The van der Waals surface area contributed by atoms with Gasteiger partial charge in [0.15, 0.2) is 0 Å². The predicted octanol–water partition coefficient (Wildman–Crippen LogP) is 3.97. The first-order valence-corrected chi connectivity index (χ1v) is 12.7. The summed E-state index contributed by atoms with van der Waals surface area (Å²) in [5.74, 6) is 0.592.